The van der Waals surface area contributed by atoms with Crippen LogP contribution < -0.4 is 0 Å². The summed E-state index contributed by atoms with van der Waals surface area (Å²) in [5.41, 5.74) is 1.21. The van der Waals surface area contributed by atoms with Crippen LogP contribution in [0.4, 0.5) is 0 Å². The molecule has 2 rings (SSSR count). The summed E-state index contributed by atoms with van der Waals surface area (Å²) >= 11 is 0. The van der Waals surface area contributed by atoms with Crippen molar-refractivity contribution < 1.29 is 9.84 Å². The minimum Gasteiger partial charge on any atom is -0.396 e. The lowest BCUT2D eigenvalue weighted by Gasteiger charge is -2.18. The van der Waals surface area contributed by atoms with Crippen LogP contribution in [0, 0.1) is 5.92 Å². The average molecular weight is 206 g/mol. The zero-order valence-electron chi connectivity index (χ0n) is 8.93. The van der Waals surface area contributed by atoms with Crippen molar-refractivity contribution in [3.05, 3.63) is 35.9 Å². The van der Waals surface area contributed by atoms with E-state index in [1.807, 2.05) is 18.2 Å². The zero-order valence-corrected chi connectivity index (χ0v) is 8.93. The lowest BCUT2D eigenvalue weighted by atomic mass is 10.1. The van der Waals surface area contributed by atoms with Gasteiger partial charge in [-0.15, -0.1) is 0 Å². The van der Waals surface area contributed by atoms with E-state index in [1.165, 1.54) is 12.0 Å². The van der Waals surface area contributed by atoms with Crippen molar-refractivity contribution in [3.63, 3.8) is 0 Å². The van der Waals surface area contributed by atoms with Gasteiger partial charge in [-0.3, -0.25) is 0 Å². The molecule has 0 radical (unpaired) electrons. The fourth-order valence-electron chi connectivity index (χ4n) is 2.21. The Labute approximate surface area is 90.9 Å². The highest BCUT2D eigenvalue weighted by atomic mass is 16.5. The lowest BCUT2D eigenvalue weighted by molar-refractivity contribution is 0.000108. The third kappa shape index (κ3) is 2.80. The van der Waals surface area contributed by atoms with Crippen molar-refractivity contribution in [2.75, 3.05) is 6.61 Å². The molecule has 1 aliphatic carbocycles. The summed E-state index contributed by atoms with van der Waals surface area (Å²) in [6.07, 6.45) is 3.65. The van der Waals surface area contributed by atoms with Gasteiger partial charge in [-0.1, -0.05) is 36.8 Å². The molecule has 1 aromatic carbocycles. The Kier molecular flexibility index (Phi) is 3.75. The predicted octanol–water partition coefficient (Wildman–Crippen LogP) is 2.36. The number of hydrogen-bond donors (Lipinski definition) is 1. The first-order valence-electron chi connectivity index (χ1n) is 5.66. The largest absolute Gasteiger partial charge is 0.396 e. The normalized spacial score (nSPS) is 25.7. The number of benzene rings is 1. The van der Waals surface area contributed by atoms with Crippen LogP contribution in [0.3, 0.4) is 0 Å². The van der Waals surface area contributed by atoms with Crippen molar-refractivity contribution >= 4 is 0 Å². The number of aliphatic hydroxyl groups excluding tert-OH is 1. The van der Waals surface area contributed by atoms with Crippen molar-refractivity contribution in [2.45, 2.75) is 32.0 Å². The van der Waals surface area contributed by atoms with Crippen molar-refractivity contribution in [3.8, 4) is 0 Å². The molecule has 1 N–H and O–H groups in total. The molecule has 0 aliphatic heterocycles. The van der Waals surface area contributed by atoms with Gasteiger partial charge < -0.3 is 9.84 Å². The standard InChI is InChI=1S/C13H18O2/c14-9-12-7-4-8-13(12)15-10-11-5-2-1-3-6-11/h1-3,5-6,12-14H,4,7-10H2/t12-,13+/m0/s1. The molecule has 1 fully saturated rings. The van der Waals surface area contributed by atoms with Crippen LogP contribution in [0.5, 0.6) is 0 Å². The van der Waals surface area contributed by atoms with Gasteiger partial charge in [0.25, 0.3) is 0 Å². The van der Waals surface area contributed by atoms with E-state index >= 15 is 0 Å². The topological polar surface area (TPSA) is 29.5 Å². The molecule has 2 atom stereocenters. The highest BCUT2D eigenvalue weighted by Gasteiger charge is 2.26. The quantitative estimate of drug-likeness (QED) is 0.819. The fourth-order valence-corrected chi connectivity index (χ4v) is 2.21. The molecule has 82 valence electrons. The second kappa shape index (κ2) is 5.29. The van der Waals surface area contributed by atoms with Crippen LogP contribution in [0.15, 0.2) is 30.3 Å². The van der Waals surface area contributed by atoms with E-state index in [4.69, 9.17) is 9.84 Å². The molecule has 0 bridgehead atoms. The van der Waals surface area contributed by atoms with Crippen LogP contribution in [0.2, 0.25) is 0 Å². The SMILES string of the molecule is OC[C@@H]1CCC[C@H]1OCc1ccccc1. The lowest BCUT2D eigenvalue weighted by Crippen LogP contribution is -2.20. The molecular formula is C13H18O2. The highest BCUT2D eigenvalue weighted by molar-refractivity contribution is 5.13. The van der Waals surface area contributed by atoms with Gasteiger partial charge >= 0.3 is 0 Å². The van der Waals surface area contributed by atoms with Crippen LogP contribution in [-0.2, 0) is 11.3 Å². The van der Waals surface area contributed by atoms with Crippen molar-refractivity contribution in [1.29, 1.82) is 0 Å². The molecule has 0 unspecified atom stereocenters. The Hall–Kier alpha value is -0.860. The smallest absolute Gasteiger partial charge is 0.0720 e. The van der Waals surface area contributed by atoms with Gasteiger partial charge in [-0.2, -0.15) is 0 Å². The second-order valence-corrected chi connectivity index (χ2v) is 4.21. The van der Waals surface area contributed by atoms with E-state index in [9.17, 15) is 0 Å². The van der Waals surface area contributed by atoms with Gasteiger partial charge in [0, 0.05) is 12.5 Å². The summed E-state index contributed by atoms with van der Waals surface area (Å²) in [7, 11) is 0. The summed E-state index contributed by atoms with van der Waals surface area (Å²) in [6, 6.07) is 10.2. The maximum Gasteiger partial charge on any atom is 0.0720 e. The molecule has 0 spiro atoms. The molecule has 0 saturated heterocycles. The summed E-state index contributed by atoms with van der Waals surface area (Å²) in [6.45, 7) is 0.932. The third-order valence-corrected chi connectivity index (χ3v) is 3.13. The van der Waals surface area contributed by atoms with Gasteiger partial charge in [0.05, 0.1) is 12.7 Å². The van der Waals surface area contributed by atoms with Gasteiger partial charge in [0.2, 0.25) is 0 Å². The number of rotatable bonds is 4. The van der Waals surface area contributed by atoms with E-state index in [0.29, 0.717) is 12.5 Å². The van der Waals surface area contributed by atoms with E-state index in [0.717, 1.165) is 12.8 Å². The summed E-state index contributed by atoms with van der Waals surface area (Å²) in [5.74, 6) is 0.355. The Bertz CT molecular complexity index is 284. The molecular weight excluding hydrogens is 188 g/mol. The molecule has 0 aromatic heterocycles. The molecule has 1 aromatic rings. The molecule has 15 heavy (non-hydrogen) atoms. The molecule has 2 nitrogen and oxygen atoms in total. The minimum atomic E-state index is 0.259. The molecule has 1 aliphatic rings. The molecule has 1 saturated carbocycles. The van der Waals surface area contributed by atoms with Gasteiger partial charge in [0.1, 0.15) is 0 Å². The van der Waals surface area contributed by atoms with Crippen molar-refractivity contribution in [2.24, 2.45) is 5.92 Å². The predicted molar refractivity (Wildman–Crippen MR) is 59.4 cm³/mol. The zero-order chi connectivity index (χ0) is 10.5. The summed E-state index contributed by atoms with van der Waals surface area (Å²) in [5, 5.41) is 9.15. The van der Waals surface area contributed by atoms with Crippen LogP contribution in [0.1, 0.15) is 24.8 Å². The van der Waals surface area contributed by atoms with E-state index < -0.39 is 0 Å². The summed E-state index contributed by atoms with van der Waals surface area (Å²) < 4.78 is 5.83. The fraction of sp³-hybridized carbons (Fsp3) is 0.538. The van der Waals surface area contributed by atoms with Crippen LogP contribution in [0.25, 0.3) is 0 Å². The average Bonchev–Trinajstić information content (AvgIpc) is 2.75. The molecule has 2 heteroatoms. The van der Waals surface area contributed by atoms with E-state index in [-0.39, 0.29) is 12.7 Å². The Morgan fingerprint density at radius 1 is 1.20 bits per heavy atom. The number of hydrogen-bond acceptors (Lipinski definition) is 2. The number of ether oxygens (including phenoxy) is 1. The van der Waals surface area contributed by atoms with E-state index in [2.05, 4.69) is 12.1 Å². The van der Waals surface area contributed by atoms with E-state index in [1.54, 1.807) is 0 Å². The monoisotopic (exact) mass is 206 g/mol. The highest BCUT2D eigenvalue weighted by Crippen LogP contribution is 2.28. The maximum atomic E-state index is 9.15. The molecule has 0 heterocycles. The first-order valence-corrected chi connectivity index (χ1v) is 5.66. The Balaban J connectivity index is 1.83. The van der Waals surface area contributed by atoms with Crippen molar-refractivity contribution in [1.82, 2.24) is 0 Å². The van der Waals surface area contributed by atoms with Crippen LogP contribution >= 0.6 is 0 Å². The van der Waals surface area contributed by atoms with Gasteiger partial charge in [-0.05, 0) is 18.4 Å². The van der Waals surface area contributed by atoms with Gasteiger partial charge in [0.15, 0.2) is 0 Å². The Morgan fingerprint density at radius 3 is 2.73 bits per heavy atom. The first-order chi connectivity index (χ1) is 7.40. The first kappa shape index (κ1) is 10.7. The number of aliphatic hydroxyl groups is 1. The third-order valence-electron chi connectivity index (χ3n) is 3.13. The second-order valence-electron chi connectivity index (χ2n) is 4.21. The minimum absolute atomic E-state index is 0.259. The van der Waals surface area contributed by atoms with Gasteiger partial charge in [-0.25, -0.2) is 0 Å². The van der Waals surface area contributed by atoms with Crippen LogP contribution in [-0.4, -0.2) is 17.8 Å². The summed E-state index contributed by atoms with van der Waals surface area (Å²) in [4.78, 5) is 0. The maximum absolute atomic E-state index is 9.15. The molecule has 0 amide bonds. The Morgan fingerprint density at radius 2 is 2.00 bits per heavy atom.